The number of aromatic nitrogens is 2. The van der Waals surface area contributed by atoms with Gasteiger partial charge in [-0.3, -0.25) is 4.79 Å². The Balaban J connectivity index is 1.36. The van der Waals surface area contributed by atoms with Gasteiger partial charge in [0.2, 0.25) is 5.78 Å². The van der Waals surface area contributed by atoms with E-state index in [2.05, 4.69) is 4.57 Å². The van der Waals surface area contributed by atoms with Crippen LogP contribution in [0.1, 0.15) is 44.9 Å². The van der Waals surface area contributed by atoms with Gasteiger partial charge in [-0.25, -0.2) is 9.78 Å². The Hall–Kier alpha value is -3.77. The molecule has 4 aromatic rings. The van der Waals surface area contributed by atoms with E-state index in [0.717, 1.165) is 42.9 Å². The fourth-order valence-electron chi connectivity index (χ4n) is 4.74. The zero-order valence-electron chi connectivity index (χ0n) is 20.0. The molecule has 1 saturated heterocycles. The Bertz CT molecular complexity index is 1380. The molecule has 6 nitrogen and oxygen atoms in total. The molecule has 2 aromatic carbocycles. The van der Waals surface area contributed by atoms with Gasteiger partial charge in [0.05, 0.1) is 22.9 Å². The van der Waals surface area contributed by atoms with Crippen molar-refractivity contribution >= 4 is 22.7 Å². The zero-order chi connectivity index (χ0) is 24.4. The van der Waals surface area contributed by atoms with Gasteiger partial charge in [-0.2, -0.15) is 0 Å². The fourth-order valence-corrected chi connectivity index (χ4v) is 4.74. The number of benzene rings is 2. The maximum atomic E-state index is 13.1. The van der Waals surface area contributed by atoms with Gasteiger partial charge >= 0.3 is 5.97 Å². The summed E-state index contributed by atoms with van der Waals surface area (Å²) in [5, 5.41) is 0.694. The van der Waals surface area contributed by atoms with Crippen LogP contribution >= 0.6 is 0 Å². The van der Waals surface area contributed by atoms with Crippen LogP contribution in [0.3, 0.4) is 0 Å². The first-order valence-electron chi connectivity index (χ1n) is 11.9. The molecule has 6 heteroatoms. The lowest BCUT2D eigenvalue weighted by molar-refractivity contribution is 0.0476. The molecule has 0 aliphatic carbocycles. The first-order chi connectivity index (χ1) is 17.0. The van der Waals surface area contributed by atoms with Crippen molar-refractivity contribution in [1.82, 2.24) is 9.55 Å². The number of aryl methyl sites for hydroxylation is 1. The number of carbonyl (C=O) groups excluding carboxylic acids is 2. The second-order valence-corrected chi connectivity index (χ2v) is 8.97. The number of esters is 1. The van der Waals surface area contributed by atoms with Crippen LogP contribution in [0.5, 0.6) is 0 Å². The molecule has 0 bridgehead atoms. The highest BCUT2D eigenvalue weighted by Gasteiger charge is 2.22. The summed E-state index contributed by atoms with van der Waals surface area (Å²) < 4.78 is 13.4. The Morgan fingerprint density at radius 2 is 1.80 bits per heavy atom. The van der Waals surface area contributed by atoms with Gasteiger partial charge in [-0.15, -0.1) is 0 Å². The van der Waals surface area contributed by atoms with Gasteiger partial charge < -0.3 is 14.0 Å². The standard InChI is InChI=1S/C29H28N2O4/c1-19-15-24(20(2)31(19)17-22-11-8-14-34-22)28(32)18-35-29(33)25-16-27(21-9-4-3-5-10-21)30-26-13-7-6-12-23(25)26/h3-7,9-10,12-13,15-16,22H,8,11,14,17-18H2,1-2H3/t22-/m1/s1. The van der Waals surface area contributed by atoms with E-state index < -0.39 is 5.97 Å². The fraction of sp³-hybridized carbons (Fsp3) is 0.276. The largest absolute Gasteiger partial charge is 0.454 e. The van der Waals surface area contributed by atoms with Crippen molar-refractivity contribution in [2.24, 2.45) is 0 Å². The van der Waals surface area contributed by atoms with E-state index in [1.54, 1.807) is 6.07 Å². The Kier molecular flexibility index (Phi) is 6.47. The average Bonchev–Trinajstić information content (AvgIpc) is 3.51. The summed E-state index contributed by atoms with van der Waals surface area (Å²) in [5.41, 5.74) is 5.14. The molecule has 1 aliphatic heterocycles. The minimum Gasteiger partial charge on any atom is -0.454 e. The van der Waals surface area contributed by atoms with Crippen LogP contribution in [0.2, 0.25) is 0 Å². The lowest BCUT2D eigenvalue weighted by Crippen LogP contribution is -2.18. The Morgan fingerprint density at radius 3 is 2.57 bits per heavy atom. The lowest BCUT2D eigenvalue weighted by atomic mass is 10.0. The molecule has 0 radical (unpaired) electrons. The molecular weight excluding hydrogens is 440 g/mol. The third kappa shape index (κ3) is 4.75. The van der Waals surface area contributed by atoms with E-state index >= 15 is 0 Å². The van der Waals surface area contributed by atoms with E-state index in [-0.39, 0.29) is 18.5 Å². The van der Waals surface area contributed by atoms with Gasteiger partial charge in [0.25, 0.3) is 0 Å². The van der Waals surface area contributed by atoms with Crippen LogP contribution in [0.15, 0.2) is 66.7 Å². The minimum atomic E-state index is -0.540. The lowest BCUT2D eigenvalue weighted by Gasteiger charge is -2.14. The van der Waals surface area contributed by atoms with E-state index in [0.29, 0.717) is 27.7 Å². The summed E-state index contributed by atoms with van der Waals surface area (Å²) in [6.07, 6.45) is 2.28. The van der Waals surface area contributed by atoms with Gasteiger partial charge in [0, 0.05) is 41.1 Å². The molecule has 35 heavy (non-hydrogen) atoms. The van der Waals surface area contributed by atoms with Crippen LogP contribution < -0.4 is 0 Å². The molecule has 0 unspecified atom stereocenters. The zero-order valence-corrected chi connectivity index (χ0v) is 20.0. The van der Waals surface area contributed by atoms with E-state index in [9.17, 15) is 9.59 Å². The summed E-state index contributed by atoms with van der Waals surface area (Å²) in [6.45, 7) is 5.12. The van der Waals surface area contributed by atoms with Crippen molar-refractivity contribution in [2.45, 2.75) is 39.3 Å². The van der Waals surface area contributed by atoms with Crippen LogP contribution in [0.4, 0.5) is 0 Å². The summed E-state index contributed by atoms with van der Waals surface area (Å²) in [4.78, 5) is 30.9. The van der Waals surface area contributed by atoms with Crippen molar-refractivity contribution in [1.29, 1.82) is 0 Å². The third-order valence-electron chi connectivity index (χ3n) is 6.62. The molecule has 0 N–H and O–H groups in total. The summed E-state index contributed by atoms with van der Waals surface area (Å²) in [6, 6.07) is 20.7. The number of ketones is 1. The summed E-state index contributed by atoms with van der Waals surface area (Å²) in [7, 11) is 0. The highest BCUT2D eigenvalue weighted by Crippen LogP contribution is 2.26. The molecule has 0 saturated carbocycles. The van der Waals surface area contributed by atoms with Crippen LogP contribution in [-0.2, 0) is 16.0 Å². The number of fused-ring (bicyclic) bond motifs is 1. The van der Waals surface area contributed by atoms with Crippen molar-refractivity contribution < 1.29 is 19.1 Å². The van der Waals surface area contributed by atoms with Gasteiger partial charge in [-0.1, -0.05) is 48.5 Å². The first kappa shape index (κ1) is 23.0. The number of hydrogen-bond acceptors (Lipinski definition) is 5. The van der Waals surface area contributed by atoms with Crippen molar-refractivity contribution in [3.8, 4) is 11.3 Å². The quantitative estimate of drug-likeness (QED) is 0.263. The number of hydrogen-bond donors (Lipinski definition) is 0. The Morgan fingerprint density at radius 1 is 1.03 bits per heavy atom. The highest BCUT2D eigenvalue weighted by atomic mass is 16.5. The van der Waals surface area contributed by atoms with Crippen LogP contribution in [0.25, 0.3) is 22.2 Å². The van der Waals surface area contributed by atoms with Crippen LogP contribution in [-0.4, -0.2) is 40.6 Å². The average molecular weight is 469 g/mol. The van der Waals surface area contributed by atoms with Gasteiger partial charge in [0.15, 0.2) is 6.61 Å². The normalized spacial score (nSPS) is 15.4. The van der Waals surface area contributed by atoms with Crippen molar-refractivity contribution in [2.75, 3.05) is 13.2 Å². The predicted octanol–water partition coefficient (Wildman–Crippen LogP) is 5.54. The van der Waals surface area contributed by atoms with E-state index in [1.807, 2.05) is 74.5 Å². The number of rotatable bonds is 7. The molecule has 5 rings (SSSR count). The number of para-hydroxylation sites is 1. The second kappa shape index (κ2) is 9.84. The monoisotopic (exact) mass is 468 g/mol. The number of carbonyl (C=O) groups is 2. The van der Waals surface area contributed by atoms with Crippen molar-refractivity contribution in [3.63, 3.8) is 0 Å². The second-order valence-electron chi connectivity index (χ2n) is 8.97. The minimum absolute atomic E-state index is 0.180. The number of ether oxygens (including phenoxy) is 2. The van der Waals surface area contributed by atoms with Crippen molar-refractivity contribution in [3.05, 3.63) is 89.2 Å². The maximum Gasteiger partial charge on any atom is 0.339 e. The molecule has 1 fully saturated rings. The maximum absolute atomic E-state index is 13.1. The van der Waals surface area contributed by atoms with E-state index in [4.69, 9.17) is 14.5 Å². The first-order valence-corrected chi connectivity index (χ1v) is 11.9. The summed E-state index contributed by atoms with van der Waals surface area (Å²) in [5.74, 6) is -0.756. The molecule has 0 spiro atoms. The predicted molar refractivity (Wildman–Crippen MR) is 135 cm³/mol. The molecule has 178 valence electrons. The smallest absolute Gasteiger partial charge is 0.339 e. The van der Waals surface area contributed by atoms with E-state index in [1.165, 1.54) is 0 Å². The third-order valence-corrected chi connectivity index (χ3v) is 6.62. The Labute approximate surface area is 204 Å². The number of pyridine rings is 1. The van der Waals surface area contributed by atoms with Gasteiger partial charge in [0.1, 0.15) is 0 Å². The molecule has 1 atom stereocenters. The highest BCUT2D eigenvalue weighted by molar-refractivity contribution is 6.06. The van der Waals surface area contributed by atoms with Gasteiger partial charge in [-0.05, 0) is 44.9 Å². The number of Topliss-reactive ketones (excluding diaryl/α,β-unsaturated/α-hetero) is 1. The molecule has 0 amide bonds. The topological polar surface area (TPSA) is 70.4 Å². The summed E-state index contributed by atoms with van der Waals surface area (Å²) >= 11 is 0. The molecular formula is C29H28N2O4. The number of nitrogens with zero attached hydrogens (tertiary/aromatic N) is 2. The molecule has 1 aliphatic rings. The molecule has 2 aromatic heterocycles. The SMILES string of the molecule is Cc1cc(C(=O)COC(=O)c2cc(-c3ccccc3)nc3ccccc23)c(C)n1C[C@H]1CCCO1. The van der Waals surface area contributed by atoms with Crippen LogP contribution in [0, 0.1) is 13.8 Å². The molecule has 3 heterocycles.